The molecule has 35 heavy (non-hydrogen) atoms. The average Bonchev–Trinajstić information content (AvgIpc) is 3.58. The van der Waals surface area contributed by atoms with Crippen LogP contribution in [0.5, 0.6) is 0 Å². The third kappa shape index (κ3) is 4.90. The summed E-state index contributed by atoms with van der Waals surface area (Å²) in [6.07, 6.45) is 6.13. The summed E-state index contributed by atoms with van der Waals surface area (Å²) in [5.41, 5.74) is 3.45. The molecular formula is C28H32N2O5. The van der Waals surface area contributed by atoms with Crippen molar-refractivity contribution < 1.29 is 24.2 Å². The van der Waals surface area contributed by atoms with Gasteiger partial charge in [-0.15, -0.1) is 0 Å². The van der Waals surface area contributed by atoms with Crippen LogP contribution in [0.15, 0.2) is 48.5 Å². The van der Waals surface area contributed by atoms with E-state index < -0.39 is 29.6 Å². The van der Waals surface area contributed by atoms with E-state index in [1.165, 1.54) is 6.42 Å². The van der Waals surface area contributed by atoms with E-state index in [0.717, 1.165) is 47.9 Å². The van der Waals surface area contributed by atoms with Crippen LogP contribution in [0.25, 0.3) is 11.1 Å². The maximum atomic E-state index is 13.0. The number of carbonyl (C=O) groups excluding carboxylic acids is 2. The monoisotopic (exact) mass is 476 g/mol. The molecule has 0 saturated heterocycles. The number of hydrogen-bond acceptors (Lipinski definition) is 4. The first-order valence-corrected chi connectivity index (χ1v) is 12.6. The highest BCUT2D eigenvalue weighted by Crippen LogP contribution is 2.44. The van der Waals surface area contributed by atoms with E-state index in [1.807, 2.05) is 24.3 Å². The van der Waals surface area contributed by atoms with Crippen LogP contribution in [-0.4, -0.2) is 41.3 Å². The van der Waals surface area contributed by atoms with Crippen LogP contribution in [0.3, 0.4) is 0 Å². The van der Waals surface area contributed by atoms with Gasteiger partial charge in [-0.25, -0.2) is 9.59 Å². The second-order valence-corrected chi connectivity index (χ2v) is 10.1. The molecule has 0 spiro atoms. The van der Waals surface area contributed by atoms with Gasteiger partial charge in [0.05, 0.1) is 0 Å². The lowest BCUT2D eigenvalue weighted by atomic mass is 9.85. The number of carboxylic acids is 1. The van der Waals surface area contributed by atoms with Gasteiger partial charge in [-0.05, 0) is 47.4 Å². The second-order valence-electron chi connectivity index (χ2n) is 10.1. The number of fused-ring (bicyclic) bond motifs is 3. The van der Waals surface area contributed by atoms with Crippen molar-refractivity contribution in [1.29, 1.82) is 0 Å². The predicted octanol–water partition coefficient (Wildman–Crippen LogP) is 4.60. The van der Waals surface area contributed by atoms with Crippen LogP contribution < -0.4 is 10.6 Å². The first-order chi connectivity index (χ1) is 17.0. The quantitative estimate of drug-likeness (QED) is 0.517. The van der Waals surface area contributed by atoms with Gasteiger partial charge in [0.1, 0.15) is 18.2 Å². The zero-order valence-electron chi connectivity index (χ0n) is 19.8. The molecule has 3 aliphatic rings. The fraction of sp³-hybridized carbons (Fsp3) is 0.464. The third-order valence-electron chi connectivity index (χ3n) is 7.77. The summed E-state index contributed by atoms with van der Waals surface area (Å²) >= 11 is 0. The zero-order valence-corrected chi connectivity index (χ0v) is 19.8. The molecule has 2 aromatic rings. The first kappa shape index (κ1) is 23.4. The fourth-order valence-corrected chi connectivity index (χ4v) is 5.64. The average molecular weight is 477 g/mol. The molecule has 2 amide bonds. The van der Waals surface area contributed by atoms with Gasteiger partial charge in [0.2, 0.25) is 5.91 Å². The highest BCUT2D eigenvalue weighted by Gasteiger charge is 2.52. The van der Waals surface area contributed by atoms with Crippen molar-refractivity contribution in [2.24, 2.45) is 5.92 Å². The van der Waals surface area contributed by atoms with Crippen LogP contribution in [0.1, 0.15) is 68.4 Å². The number of carboxylic acid groups (broad SMARTS) is 1. The fourth-order valence-electron chi connectivity index (χ4n) is 5.64. The lowest BCUT2D eigenvalue weighted by Crippen LogP contribution is -2.54. The molecule has 7 heteroatoms. The van der Waals surface area contributed by atoms with Crippen LogP contribution in [0, 0.1) is 5.92 Å². The van der Waals surface area contributed by atoms with Crippen molar-refractivity contribution in [2.75, 3.05) is 6.61 Å². The second kappa shape index (κ2) is 9.72. The topological polar surface area (TPSA) is 105 Å². The Hall–Kier alpha value is -3.35. The number of carbonyl (C=O) groups is 3. The number of hydrogen-bond donors (Lipinski definition) is 3. The number of ether oxygens (including phenoxy) is 1. The standard InChI is InChI=1S/C28H32N2O5/c31-25(32)24(16-18-8-2-1-3-9-18)29-26(33)28(14-15-28)30-27(34)35-17-23-21-12-6-4-10-19(21)20-11-5-7-13-22(20)23/h4-7,10-13,18,23-24H,1-3,8-9,14-17H2,(H,29,33)(H,30,34)(H,31,32). The summed E-state index contributed by atoms with van der Waals surface area (Å²) in [5, 5.41) is 15.1. The van der Waals surface area contributed by atoms with E-state index in [0.29, 0.717) is 25.2 Å². The van der Waals surface area contributed by atoms with Crippen LogP contribution >= 0.6 is 0 Å². The normalized spacial score (nSPS) is 19.2. The van der Waals surface area contributed by atoms with Crippen molar-refractivity contribution in [3.63, 3.8) is 0 Å². The number of nitrogens with one attached hydrogen (secondary N) is 2. The first-order valence-electron chi connectivity index (χ1n) is 12.6. The van der Waals surface area contributed by atoms with Gasteiger partial charge in [0.15, 0.2) is 0 Å². The third-order valence-corrected chi connectivity index (χ3v) is 7.77. The van der Waals surface area contributed by atoms with Gasteiger partial charge in [0, 0.05) is 5.92 Å². The van der Waals surface area contributed by atoms with E-state index in [4.69, 9.17) is 4.74 Å². The summed E-state index contributed by atoms with van der Waals surface area (Å²) in [5.74, 6) is -1.21. The Morgan fingerprint density at radius 2 is 1.54 bits per heavy atom. The number of rotatable bonds is 8. The lowest BCUT2D eigenvalue weighted by molar-refractivity contribution is -0.142. The molecule has 5 rings (SSSR count). The minimum atomic E-state index is -1.08. The predicted molar refractivity (Wildman–Crippen MR) is 131 cm³/mol. The lowest BCUT2D eigenvalue weighted by Gasteiger charge is -2.26. The van der Waals surface area contributed by atoms with E-state index in [2.05, 4.69) is 34.9 Å². The van der Waals surface area contributed by atoms with Gasteiger partial charge in [-0.3, -0.25) is 4.79 Å². The molecule has 3 aliphatic carbocycles. The van der Waals surface area contributed by atoms with E-state index in [-0.39, 0.29) is 12.5 Å². The largest absolute Gasteiger partial charge is 0.480 e. The highest BCUT2D eigenvalue weighted by atomic mass is 16.5. The van der Waals surface area contributed by atoms with Gasteiger partial charge >= 0.3 is 12.1 Å². The maximum Gasteiger partial charge on any atom is 0.408 e. The van der Waals surface area contributed by atoms with E-state index in [9.17, 15) is 19.5 Å². The Morgan fingerprint density at radius 1 is 0.943 bits per heavy atom. The Morgan fingerprint density at radius 3 is 2.11 bits per heavy atom. The molecule has 7 nitrogen and oxygen atoms in total. The van der Waals surface area contributed by atoms with Crippen LogP contribution in [0.4, 0.5) is 4.79 Å². The van der Waals surface area contributed by atoms with Gasteiger partial charge < -0.3 is 20.5 Å². The Bertz CT molecular complexity index is 1070. The molecule has 2 aromatic carbocycles. The molecule has 0 heterocycles. The van der Waals surface area contributed by atoms with Crippen molar-refractivity contribution in [1.82, 2.24) is 10.6 Å². The number of alkyl carbamates (subject to hydrolysis) is 1. The van der Waals surface area contributed by atoms with Crippen molar-refractivity contribution >= 4 is 18.0 Å². The molecule has 2 fully saturated rings. The molecule has 0 aromatic heterocycles. The van der Waals surface area contributed by atoms with Crippen molar-refractivity contribution in [3.8, 4) is 11.1 Å². The number of aliphatic carboxylic acids is 1. The van der Waals surface area contributed by atoms with Crippen molar-refractivity contribution in [2.45, 2.75) is 68.9 Å². The molecular weight excluding hydrogens is 444 g/mol. The molecule has 0 radical (unpaired) electrons. The molecule has 0 bridgehead atoms. The van der Waals surface area contributed by atoms with Crippen LogP contribution in [-0.2, 0) is 14.3 Å². The molecule has 184 valence electrons. The molecule has 0 aliphatic heterocycles. The molecule has 1 unspecified atom stereocenters. The molecule has 2 saturated carbocycles. The van der Waals surface area contributed by atoms with E-state index in [1.54, 1.807) is 0 Å². The minimum absolute atomic E-state index is 0.0657. The van der Waals surface area contributed by atoms with Crippen molar-refractivity contribution in [3.05, 3.63) is 59.7 Å². The maximum absolute atomic E-state index is 13.0. The molecule has 1 atom stereocenters. The van der Waals surface area contributed by atoms with Crippen LogP contribution in [0.2, 0.25) is 0 Å². The Balaban J connectivity index is 1.18. The SMILES string of the molecule is O=C(NC1(C(=O)NC(CC2CCCCC2)C(=O)O)CC1)OCC1c2ccccc2-c2ccccc21. The minimum Gasteiger partial charge on any atom is -0.480 e. The van der Waals surface area contributed by atoms with E-state index >= 15 is 0 Å². The smallest absolute Gasteiger partial charge is 0.408 e. The highest BCUT2D eigenvalue weighted by molar-refractivity contribution is 5.95. The number of benzene rings is 2. The zero-order chi connectivity index (χ0) is 24.4. The Kier molecular flexibility index (Phi) is 6.50. The summed E-state index contributed by atoms with van der Waals surface area (Å²) in [4.78, 5) is 37.5. The number of amides is 2. The summed E-state index contributed by atoms with van der Waals surface area (Å²) in [7, 11) is 0. The van der Waals surface area contributed by atoms with Gasteiger partial charge in [-0.2, -0.15) is 0 Å². The van der Waals surface area contributed by atoms with Gasteiger partial charge in [-0.1, -0.05) is 80.6 Å². The summed E-state index contributed by atoms with van der Waals surface area (Å²) < 4.78 is 5.59. The summed E-state index contributed by atoms with van der Waals surface area (Å²) in [6, 6.07) is 15.3. The summed E-state index contributed by atoms with van der Waals surface area (Å²) in [6.45, 7) is 0.164. The molecule has 3 N–H and O–H groups in total. The van der Waals surface area contributed by atoms with Gasteiger partial charge in [0.25, 0.3) is 0 Å². The Labute approximate surface area is 205 Å².